The van der Waals surface area contributed by atoms with E-state index in [4.69, 9.17) is 4.74 Å². The summed E-state index contributed by atoms with van der Waals surface area (Å²) in [6.45, 7) is 7.31. The molecule has 1 atom stereocenters. The first kappa shape index (κ1) is 23.0. The van der Waals surface area contributed by atoms with Crippen LogP contribution in [-0.4, -0.2) is 76.0 Å². The number of likely N-dealkylation sites (tertiary alicyclic amines) is 1. The van der Waals surface area contributed by atoms with Crippen LogP contribution in [0.2, 0.25) is 0 Å². The zero-order valence-corrected chi connectivity index (χ0v) is 18.8. The van der Waals surface area contributed by atoms with E-state index in [2.05, 4.69) is 14.9 Å². The molecule has 4 rings (SSSR count). The number of nitrogens with zero attached hydrogens (tertiary/aromatic N) is 4. The maximum absolute atomic E-state index is 14.9. The highest BCUT2D eigenvalue weighted by molar-refractivity contribution is 6.46. The van der Waals surface area contributed by atoms with Crippen molar-refractivity contribution in [2.45, 2.75) is 26.3 Å². The van der Waals surface area contributed by atoms with Gasteiger partial charge in [0.05, 0.1) is 36.1 Å². The monoisotopic (exact) mass is 454 g/mol. The summed E-state index contributed by atoms with van der Waals surface area (Å²) in [4.78, 5) is 38.0. The fraction of sp³-hybridized carbons (Fsp3) is 0.417. The van der Waals surface area contributed by atoms with Crippen molar-refractivity contribution >= 4 is 17.4 Å². The zero-order valence-electron chi connectivity index (χ0n) is 18.8. The van der Waals surface area contributed by atoms with Gasteiger partial charge >= 0.3 is 0 Å². The molecule has 2 saturated heterocycles. The number of aromatic nitrogens is 2. The number of aliphatic hydroxyl groups excluding tert-OH is 1. The highest BCUT2D eigenvalue weighted by Gasteiger charge is 2.46. The third kappa shape index (κ3) is 4.65. The Kier molecular flexibility index (Phi) is 6.80. The van der Waals surface area contributed by atoms with E-state index in [1.165, 1.54) is 23.2 Å². The number of Topliss-reactive ketones (excluding diaryl/α,β-unsaturated/α-hetero) is 1. The van der Waals surface area contributed by atoms with Crippen molar-refractivity contribution in [2.75, 3.05) is 39.4 Å². The molecule has 0 aliphatic carbocycles. The number of hydrogen-bond donors (Lipinski definition) is 1. The largest absolute Gasteiger partial charge is 0.507 e. The van der Waals surface area contributed by atoms with Gasteiger partial charge in [-0.2, -0.15) is 0 Å². The highest BCUT2D eigenvalue weighted by Crippen LogP contribution is 2.40. The lowest BCUT2D eigenvalue weighted by molar-refractivity contribution is -0.140. The predicted molar refractivity (Wildman–Crippen MR) is 119 cm³/mol. The molecular formula is C24H27FN4O4. The first-order valence-electron chi connectivity index (χ1n) is 11.0. The number of amides is 1. The minimum Gasteiger partial charge on any atom is -0.507 e. The van der Waals surface area contributed by atoms with E-state index in [-0.39, 0.29) is 23.2 Å². The maximum atomic E-state index is 14.9. The van der Waals surface area contributed by atoms with E-state index >= 15 is 0 Å². The molecule has 2 aliphatic rings. The van der Waals surface area contributed by atoms with Crippen LogP contribution < -0.4 is 0 Å². The Balaban J connectivity index is 1.71. The summed E-state index contributed by atoms with van der Waals surface area (Å²) >= 11 is 0. The van der Waals surface area contributed by atoms with Crippen LogP contribution in [0.5, 0.6) is 0 Å². The Morgan fingerprint density at radius 3 is 2.61 bits per heavy atom. The number of aliphatic hydroxyl groups is 1. The van der Waals surface area contributed by atoms with Crippen LogP contribution in [0.15, 0.2) is 36.0 Å². The van der Waals surface area contributed by atoms with Gasteiger partial charge < -0.3 is 14.7 Å². The summed E-state index contributed by atoms with van der Waals surface area (Å²) in [7, 11) is 0. The molecule has 1 aromatic carbocycles. The minimum absolute atomic E-state index is 0.146. The van der Waals surface area contributed by atoms with E-state index < -0.39 is 29.3 Å². The highest BCUT2D eigenvalue weighted by atomic mass is 19.1. The van der Waals surface area contributed by atoms with Crippen LogP contribution in [-0.2, 0) is 14.3 Å². The van der Waals surface area contributed by atoms with E-state index in [0.717, 1.165) is 19.6 Å². The molecule has 1 unspecified atom stereocenters. The molecule has 0 saturated carbocycles. The molecule has 33 heavy (non-hydrogen) atoms. The fourth-order valence-electron chi connectivity index (χ4n) is 4.38. The standard InChI is InChI=1S/C24H27FN4O4/c1-15-18(14-26-16(2)27-15)22(30)20-21(17-6-3-4-7-19(17)25)29(24(32)23(20)31)9-5-8-28-10-12-33-13-11-28/h3-4,6-7,14,21,30H,5,8-13H2,1-2H3. The van der Waals surface area contributed by atoms with Gasteiger partial charge in [-0.05, 0) is 26.3 Å². The summed E-state index contributed by atoms with van der Waals surface area (Å²) in [5.41, 5.74) is 0.724. The van der Waals surface area contributed by atoms with Crippen molar-refractivity contribution in [3.63, 3.8) is 0 Å². The molecule has 2 aliphatic heterocycles. The van der Waals surface area contributed by atoms with Crippen LogP contribution >= 0.6 is 0 Å². The molecule has 0 radical (unpaired) electrons. The van der Waals surface area contributed by atoms with Gasteiger partial charge in [-0.25, -0.2) is 14.4 Å². The van der Waals surface area contributed by atoms with Gasteiger partial charge in [0.25, 0.3) is 11.7 Å². The number of rotatable bonds is 6. The van der Waals surface area contributed by atoms with Crippen LogP contribution in [0.1, 0.15) is 35.1 Å². The second-order valence-electron chi connectivity index (χ2n) is 8.24. The molecule has 9 heteroatoms. The Morgan fingerprint density at radius 2 is 1.91 bits per heavy atom. The number of benzene rings is 1. The summed E-state index contributed by atoms with van der Waals surface area (Å²) in [5, 5.41) is 11.1. The van der Waals surface area contributed by atoms with Crippen molar-refractivity contribution in [1.29, 1.82) is 0 Å². The summed E-state index contributed by atoms with van der Waals surface area (Å²) < 4.78 is 20.2. The summed E-state index contributed by atoms with van der Waals surface area (Å²) in [5.74, 6) is -2.03. The third-order valence-corrected chi connectivity index (χ3v) is 6.07. The maximum Gasteiger partial charge on any atom is 0.295 e. The van der Waals surface area contributed by atoms with Gasteiger partial charge in [-0.3, -0.25) is 14.5 Å². The number of halogens is 1. The molecule has 2 fully saturated rings. The predicted octanol–water partition coefficient (Wildman–Crippen LogP) is 2.38. The number of ketones is 1. The molecule has 3 heterocycles. The van der Waals surface area contributed by atoms with Crippen molar-refractivity contribution < 1.29 is 23.8 Å². The van der Waals surface area contributed by atoms with E-state index in [0.29, 0.717) is 31.2 Å². The van der Waals surface area contributed by atoms with Crippen LogP contribution in [0.4, 0.5) is 4.39 Å². The Hall–Kier alpha value is -3.17. The second-order valence-corrected chi connectivity index (χ2v) is 8.24. The molecule has 8 nitrogen and oxygen atoms in total. The fourth-order valence-corrected chi connectivity index (χ4v) is 4.38. The van der Waals surface area contributed by atoms with Gasteiger partial charge in [-0.1, -0.05) is 18.2 Å². The molecule has 1 amide bonds. The molecule has 1 aromatic heterocycles. The molecule has 1 N–H and O–H groups in total. The molecule has 2 aromatic rings. The minimum atomic E-state index is -1.03. The van der Waals surface area contributed by atoms with E-state index in [1.807, 2.05) is 0 Å². The van der Waals surface area contributed by atoms with Gasteiger partial charge in [-0.15, -0.1) is 0 Å². The van der Waals surface area contributed by atoms with E-state index in [9.17, 15) is 19.1 Å². The molecule has 174 valence electrons. The number of ether oxygens (including phenoxy) is 1. The topological polar surface area (TPSA) is 95.9 Å². The molecular weight excluding hydrogens is 427 g/mol. The van der Waals surface area contributed by atoms with Crippen LogP contribution in [0, 0.1) is 19.7 Å². The average Bonchev–Trinajstić information content (AvgIpc) is 3.04. The Morgan fingerprint density at radius 1 is 1.18 bits per heavy atom. The average molecular weight is 455 g/mol. The van der Waals surface area contributed by atoms with Crippen LogP contribution in [0.25, 0.3) is 5.76 Å². The Labute approximate surface area is 191 Å². The smallest absolute Gasteiger partial charge is 0.295 e. The Bertz CT molecular complexity index is 1100. The first-order chi connectivity index (χ1) is 15.9. The van der Waals surface area contributed by atoms with Gasteiger partial charge in [0.2, 0.25) is 0 Å². The molecule has 0 spiro atoms. The third-order valence-electron chi connectivity index (χ3n) is 6.07. The number of morpholine rings is 1. The molecule has 0 bridgehead atoms. The van der Waals surface area contributed by atoms with Crippen LogP contribution in [0.3, 0.4) is 0 Å². The van der Waals surface area contributed by atoms with Crippen molar-refractivity contribution in [3.8, 4) is 0 Å². The lowest BCUT2D eigenvalue weighted by Crippen LogP contribution is -2.39. The first-order valence-corrected chi connectivity index (χ1v) is 11.0. The zero-order chi connectivity index (χ0) is 23.5. The van der Waals surface area contributed by atoms with Crippen molar-refractivity contribution in [2.24, 2.45) is 0 Å². The van der Waals surface area contributed by atoms with Gasteiger partial charge in [0.1, 0.15) is 17.4 Å². The quantitative estimate of drug-likeness (QED) is 0.407. The lowest BCUT2D eigenvalue weighted by Gasteiger charge is -2.29. The number of aryl methyl sites for hydroxylation is 2. The lowest BCUT2D eigenvalue weighted by atomic mass is 9.95. The normalized spacial score (nSPS) is 21.1. The SMILES string of the molecule is Cc1ncc(C(O)=C2C(=O)C(=O)N(CCCN3CCOCC3)C2c2ccccc2F)c(C)n1. The number of carbonyl (C=O) groups is 2. The van der Waals surface area contributed by atoms with Crippen molar-refractivity contribution in [3.05, 3.63) is 64.5 Å². The van der Waals surface area contributed by atoms with Crippen molar-refractivity contribution in [1.82, 2.24) is 19.8 Å². The summed E-state index contributed by atoms with van der Waals surface area (Å²) in [6, 6.07) is 4.97. The second kappa shape index (κ2) is 9.76. The summed E-state index contributed by atoms with van der Waals surface area (Å²) in [6.07, 6.45) is 2.02. The van der Waals surface area contributed by atoms with E-state index in [1.54, 1.807) is 26.0 Å². The van der Waals surface area contributed by atoms with Gasteiger partial charge in [0, 0.05) is 37.9 Å². The number of carbonyl (C=O) groups excluding carboxylic acids is 2. The van der Waals surface area contributed by atoms with Gasteiger partial charge in [0.15, 0.2) is 0 Å². The number of hydrogen-bond acceptors (Lipinski definition) is 7.